The first-order valence-corrected chi connectivity index (χ1v) is 9.93. The average Bonchev–Trinajstić information content (AvgIpc) is 3.34. The molecule has 0 aliphatic carbocycles. The Labute approximate surface area is 179 Å². The molecule has 0 spiro atoms. The van der Waals surface area contributed by atoms with Gasteiger partial charge in [-0.1, -0.05) is 12.1 Å². The number of hydrogen-bond acceptors (Lipinski definition) is 5. The molecule has 0 radical (unpaired) electrons. The third-order valence-electron chi connectivity index (χ3n) is 4.64. The number of methoxy groups -OCH3 is 1. The number of hydrogen-bond donors (Lipinski definition) is 1. The van der Waals surface area contributed by atoms with Crippen molar-refractivity contribution in [2.45, 2.75) is 6.18 Å². The molecule has 0 fully saturated rings. The van der Waals surface area contributed by atoms with Crippen LogP contribution in [0.15, 0.2) is 71.7 Å². The number of thiophene rings is 1. The number of rotatable bonds is 5. The number of halogens is 3. The maximum Gasteiger partial charge on any atom is 0.416 e. The zero-order chi connectivity index (χ0) is 22.2. The number of nitrogens with zero attached hydrogens (tertiary/aromatic N) is 1. The van der Waals surface area contributed by atoms with Crippen LogP contribution in [0.5, 0.6) is 5.75 Å². The highest BCUT2D eigenvalue weighted by atomic mass is 32.1. The molecule has 158 valence electrons. The van der Waals surface area contributed by atoms with Crippen molar-refractivity contribution >= 4 is 40.1 Å². The Morgan fingerprint density at radius 1 is 0.968 bits per heavy atom. The lowest BCUT2D eigenvalue weighted by Crippen LogP contribution is -2.32. The van der Waals surface area contributed by atoms with Gasteiger partial charge < -0.3 is 10.1 Å². The zero-order valence-electron chi connectivity index (χ0n) is 16.1. The molecule has 1 aliphatic rings. The van der Waals surface area contributed by atoms with E-state index < -0.39 is 23.6 Å². The predicted molar refractivity (Wildman–Crippen MR) is 112 cm³/mol. The number of imide groups is 1. The van der Waals surface area contributed by atoms with E-state index >= 15 is 0 Å². The van der Waals surface area contributed by atoms with E-state index in [9.17, 15) is 22.8 Å². The Balaban J connectivity index is 1.74. The Hall–Kier alpha value is -3.59. The highest BCUT2D eigenvalue weighted by Crippen LogP contribution is 2.37. The van der Waals surface area contributed by atoms with Crippen molar-refractivity contribution in [3.8, 4) is 5.75 Å². The van der Waals surface area contributed by atoms with Crippen molar-refractivity contribution in [2.24, 2.45) is 0 Å². The normalized spacial score (nSPS) is 14.4. The number of nitrogens with one attached hydrogen (secondary N) is 1. The quantitative estimate of drug-likeness (QED) is 0.552. The van der Waals surface area contributed by atoms with Crippen LogP contribution in [0, 0.1) is 0 Å². The van der Waals surface area contributed by atoms with Gasteiger partial charge in [0.05, 0.1) is 23.9 Å². The van der Waals surface area contributed by atoms with Crippen molar-refractivity contribution in [3.05, 3.63) is 82.2 Å². The van der Waals surface area contributed by atoms with Crippen LogP contribution in [0.2, 0.25) is 0 Å². The Morgan fingerprint density at radius 2 is 1.71 bits per heavy atom. The second-order valence-corrected chi connectivity index (χ2v) is 7.52. The van der Waals surface area contributed by atoms with Gasteiger partial charge in [0.15, 0.2) is 0 Å². The number of anilines is 2. The van der Waals surface area contributed by atoms with Crippen molar-refractivity contribution in [3.63, 3.8) is 0 Å². The predicted octanol–water partition coefficient (Wildman–Crippen LogP) is 5.17. The van der Waals surface area contributed by atoms with Crippen LogP contribution in [0.3, 0.4) is 0 Å². The smallest absolute Gasteiger partial charge is 0.416 e. The number of ether oxygens (including phenoxy) is 1. The Kier molecular flexibility index (Phi) is 5.28. The topological polar surface area (TPSA) is 58.6 Å². The van der Waals surface area contributed by atoms with E-state index in [-0.39, 0.29) is 17.0 Å². The van der Waals surface area contributed by atoms with E-state index in [0.29, 0.717) is 16.3 Å². The van der Waals surface area contributed by atoms with Gasteiger partial charge >= 0.3 is 6.18 Å². The molecular weight excluding hydrogens is 429 g/mol. The first-order chi connectivity index (χ1) is 14.8. The fourth-order valence-electron chi connectivity index (χ4n) is 3.17. The van der Waals surface area contributed by atoms with E-state index in [0.717, 1.165) is 29.2 Å². The van der Waals surface area contributed by atoms with Gasteiger partial charge in [-0.15, -0.1) is 11.3 Å². The molecule has 4 rings (SSSR count). The van der Waals surface area contributed by atoms with Gasteiger partial charge in [0, 0.05) is 16.6 Å². The van der Waals surface area contributed by atoms with E-state index in [1.807, 2.05) is 0 Å². The van der Waals surface area contributed by atoms with Gasteiger partial charge in [0.2, 0.25) is 0 Å². The molecule has 2 aromatic carbocycles. The average molecular weight is 444 g/mol. The summed E-state index contributed by atoms with van der Waals surface area (Å²) < 4.78 is 43.9. The SMILES string of the molecule is COc1cccc(NC2=C(c3cccs3)C(=O)N(c3ccc(C(F)(F)F)cc3)C2=O)c1. The highest BCUT2D eigenvalue weighted by molar-refractivity contribution is 7.11. The first-order valence-electron chi connectivity index (χ1n) is 9.05. The molecule has 0 unspecified atom stereocenters. The molecule has 1 aliphatic heterocycles. The van der Waals surface area contributed by atoms with Gasteiger partial charge in [-0.3, -0.25) is 9.59 Å². The van der Waals surface area contributed by atoms with Crippen LogP contribution in [0.1, 0.15) is 10.4 Å². The van der Waals surface area contributed by atoms with E-state index in [2.05, 4.69) is 5.32 Å². The van der Waals surface area contributed by atoms with Crippen LogP contribution in [-0.4, -0.2) is 18.9 Å². The summed E-state index contributed by atoms with van der Waals surface area (Å²) in [4.78, 5) is 27.8. The van der Waals surface area contributed by atoms with Crippen molar-refractivity contribution in [1.29, 1.82) is 0 Å². The molecule has 0 saturated carbocycles. The molecule has 0 bridgehead atoms. The molecule has 1 N–H and O–H groups in total. The second kappa shape index (κ2) is 7.92. The molecule has 0 atom stereocenters. The molecule has 9 heteroatoms. The van der Waals surface area contributed by atoms with E-state index in [4.69, 9.17) is 4.74 Å². The van der Waals surface area contributed by atoms with Gasteiger partial charge in [-0.2, -0.15) is 13.2 Å². The standard InChI is InChI=1S/C22H15F3N2O3S/c1-30-16-5-2-4-14(12-16)26-19-18(17-6-3-11-31-17)20(28)27(21(19)29)15-9-7-13(8-10-15)22(23,24)25/h2-12,26H,1H3. The molecule has 2 heterocycles. The third kappa shape index (κ3) is 3.91. The molecule has 2 amide bonds. The molecular formula is C22H15F3N2O3S. The second-order valence-electron chi connectivity index (χ2n) is 6.57. The van der Waals surface area contributed by atoms with Crippen molar-refractivity contribution in [1.82, 2.24) is 0 Å². The van der Waals surface area contributed by atoms with E-state index in [1.165, 1.54) is 18.4 Å². The first kappa shape index (κ1) is 20.7. The molecule has 1 aromatic heterocycles. The number of benzene rings is 2. The van der Waals surface area contributed by atoms with Crippen molar-refractivity contribution < 1.29 is 27.5 Å². The third-order valence-corrected chi connectivity index (χ3v) is 5.53. The van der Waals surface area contributed by atoms with Gasteiger partial charge in [-0.25, -0.2) is 4.90 Å². The van der Waals surface area contributed by atoms with Gasteiger partial charge in [0.1, 0.15) is 11.4 Å². The maximum atomic E-state index is 13.2. The minimum Gasteiger partial charge on any atom is -0.497 e. The van der Waals surface area contributed by atoms with Crippen LogP contribution in [-0.2, 0) is 15.8 Å². The van der Waals surface area contributed by atoms with Crippen LogP contribution in [0.4, 0.5) is 24.5 Å². The zero-order valence-corrected chi connectivity index (χ0v) is 16.9. The largest absolute Gasteiger partial charge is 0.497 e. The lowest BCUT2D eigenvalue weighted by molar-refractivity contribution is -0.137. The summed E-state index contributed by atoms with van der Waals surface area (Å²) in [7, 11) is 1.51. The fraction of sp³-hybridized carbons (Fsp3) is 0.0909. The molecule has 3 aromatic rings. The minimum atomic E-state index is -4.52. The number of amides is 2. The number of carbonyl (C=O) groups excluding carboxylic acids is 2. The Morgan fingerprint density at radius 3 is 2.32 bits per heavy atom. The molecule has 0 saturated heterocycles. The van der Waals surface area contributed by atoms with Crippen molar-refractivity contribution in [2.75, 3.05) is 17.3 Å². The van der Waals surface area contributed by atoms with Crippen LogP contribution in [0.25, 0.3) is 5.57 Å². The minimum absolute atomic E-state index is 0.0422. The van der Waals surface area contributed by atoms with Crippen LogP contribution >= 0.6 is 11.3 Å². The lowest BCUT2D eigenvalue weighted by atomic mass is 10.1. The summed E-state index contributed by atoms with van der Waals surface area (Å²) in [6.45, 7) is 0. The van der Waals surface area contributed by atoms with Crippen LogP contribution < -0.4 is 15.0 Å². The summed E-state index contributed by atoms with van der Waals surface area (Å²) in [5.41, 5.74) is -0.0850. The summed E-state index contributed by atoms with van der Waals surface area (Å²) in [5, 5.41) is 4.75. The summed E-state index contributed by atoms with van der Waals surface area (Å²) in [6, 6.07) is 14.2. The number of alkyl halides is 3. The van der Waals surface area contributed by atoms with Gasteiger partial charge in [0.25, 0.3) is 11.8 Å². The Bertz CT molecular complexity index is 1170. The summed E-state index contributed by atoms with van der Waals surface area (Å²) in [6.07, 6.45) is -4.52. The van der Waals surface area contributed by atoms with Gasteiger partial charge in [-0.05, 0) is 47.8 Å². The summed E-state index contributed by atoms with van der Waals surface area (Å²) >= 11 is 1.28. The lowest BCUT2D eigenvalue weighted by Gasteiger charge is -2.16. The highest BCUT2D eigenvalue weighted by Gasteiger charge is 2.41. The monoisotopic (exact) mass is 444 g/mol. The summed E-state index contributed by atoms with van der Waals surface area (Å²) in [5.74, 6) is -0.715. The van der Waals surface area contributed by atoms with E-state index in [1.54, 1.807) is 41.8 Å². The molecule has 5 nitrogen and oxygen atoms in total. The number of carbonyl (C=O) groups is 2. The molecule has 31 heavy (non-hydrogen) atoms. The maximum absolute atomic E-state index is 13.2. The fourth-order valence-corrected chi connectivity index (χ4v) is 3.94.